The van der Waals surface area contributed by atoms with Crippen LogP contribution in [0.15, 0.2) is 47.4 Å². The van der Waals surface area contributed by atoms with Crippen LogP contribution in [0.1, 0.15) is 29.5 Å². The van der Waals surface area contributed by atoms with E-state index in [1.165, 1.54) is 10.4 Å². The molecule has 2 aromatic carbocycles. The van der Waals surface area contributed by atoms with E-state index in [2.05, 4.69) is 5.32 Å². The van der Waals surface area contributed by atoms with E-state index in [1.807, 2.05) is 13.0 Å². The zero-order valence-electron chi connectivity index (χ0n) is 16.1. The monoisotopic (exact) mass is 404 g/mol. The second kappa shape index (κ2) is 8.41. The molecule has 0 atom stereocenters. The molecular weight excluding hydrogens is 379 g/mol. The quantitative estimate of drug-likeness (QED) is 0.833. The molecule has 1 amide bonds. The number of piperidine rings is 1. The summed E-state index contributed by atoms with van der Waals surface area (Å²) < 4.78 is 41.0. The Hall–Kier alpha value is -2.25. The Kier molecular flexibility index (Phi) is 6.15. The molecular formula is C21H25FN2O3S. The predicted octanol–water partition coefficient (Wildman–Crippen LogP) is 3.16. The van der Waals surface area contributed by atoms with Crippen molar-refractivity contribution in [1.29, 1.82) is 0 Å². The lowest BCUT2D eigenvalue weighted by atomic mass is 9.97. The van der Waals surface area contributed by atoms with Gasteiger partial charge in [0.05, 0.1) is 4.90 Å². The van der Waals surface area contributed by atoms with Crippen LogP contribution in [-0.4, -0.2) is 31.7 Å². The Balaban J connectivity index is 1.59. The van der Waals surface area contributed by atoms with Gasteiger partial charge < -0.3 is 5.32 Å². The number of carbonyl (C=O) groups excluding carboxylic acids is 1. The second-order valence-corrected chi connectivity index (χ2v) is 9.16. The lowest BCUT2D eigenvalue weighted by molar-refractivity contribution is -0.126. The highest BCUT2D eigenvalue weighted by Gasteiger charge is 2.32. The lowest BCUT2D eigenvalue weighted by Crippen LogP contribution is -2.43. The van der Waals surface area contributed by atoms with E-state index < -0.39 is 10.0 Å². The number of amides is 1. The van der Waals surface area contributed by atoms with Crippen molar-refractivity contribution in [1.82, 2.24) is 9.62 Å². The first-order valence-electron chi connectivity index (χ1n) is 9.37. The van der Waals surface area contributed by atoms with Gasteiger partial charge in [0, 0.05) is 31.1 Å². The van der Waals surface area contributed by atoms with E-state index in [9.17, 15) is 17.6 Å². The van der Waals surface area contributed by atoms with Gasteiger partial charge in [-0.25, -0.2) is 12.8 Å². The molecule has 0 aromatic heterocycles. The Morgan fingerprint density at radius 1 is 1.14 bits per heavy atom. The van der Waals surface area contributed by atoms with Crippen molar-refractivity contribution < 1.29 is 17.6 Å². The van der Waals surface area contributed by atoms with E-state index in [4.69, 9.17) is 0 Å². The zero-order valence-corrected chi connectivity index (χ0v) is 16.9. The number of hydrogen-bond donors (Lipinski definition) is 1. The fraction of sp³-hybridized carbons (Fsp3) is 0.381. The molecule has 0 radical (unpaired) electrons. The summed E-state index contributed by atoms with van der Waals surface area (Å²) in [4.78, 5) is 12.7. The fourth-order valence-electron chi connectivity index (χ4n) is 3.55. The predicted molar refractivity (Wildman–Crippen MR) is 106 cm³/mol. The van der Waals surface area contributed by atoms with Crippen LogP contribution < -0.4 is 5.32 Å². The van der Waals surface area contributed by atoms with Crippen LogP contribution >= 0.6 is 0 Å². The minimum absolute atomic E-state index is 0.132. The molecule has 7 heteroatoms. The van der Waals surface area contributed by atoms with Gasteiger partial charge in [-0.3, -0.25) is 4.79 Å². The van der Waals surface area contributed by atoms with E-state index in [0.29, 0.717) is 36.4 Å². The summed E-state index contributed by atoms with van der Waals surface area (Å²) in [5.41, 5.74) is 2.18. The molecule has 1 aliphatic rings. The number of benzene rings is 2. The Morgan fingerprint density at radius 3 is 2.46 bits per heavy atom. The highest BCUT2D eigenvalue weighted by Crippen LogP contribution is 2.26. The summed E-state index contributed by atoms with van der Waals surface area (Å²) in [5, 5.41) is 2.76. The highest BCUT2D eigenvalue weighted by molar-refractivity contribution is 7.89. The molecule has 5 nitrogen and oxygen atoms in total. The third-order valence-electron chi connectivity index (χ3n) is 5.18. The van der Waals surface area contributed by atoms with E-state index in [0.717, 1.165) is 11.1 Å². The summed E-state index contributed by atoms with van der Waals surface area (Å²) in [6, 6.07) is 11.6. The van der Waals surface area contributed by atoms with E-state index in [1.54, 1.807) is 37.3 Å². The van der Waals surface area contributed by atoms with Crippen LogP contribution in [-0.2, 0) is 21.4 Å². The third kappa shape index (κ3) is 4.42. The zero-order chi connectivity index (χ0) is 20.3. The molecule has 28 heavy (non-hydrogen) atoms. The normalized spacial score (nSPS) is 16.1. The second-order valence-electron chi connectivity index (χ2n) is 7.26. The molecule has 150 valence electrons. The van der Waals surface area contributed by atoms with Gasteiger partial charge in [0.2, 0.25) is 15.9 Å². The summed E-state index contributed by atoms with van der Waals surface area (Å²) in [6.07, 6.45) is 0.903. The SMILES string of the molecule is Cc1ccc(S(=O)(=O)N2CCC(C(=O)NCc3ccccc3F)CC2)c(C)c1. The first kappa shape index (κ1) is 20.5. The van der Waals surface area contributed by atoms with Crippen molar-refractivity contribution in [3.05, 3.63) is 65.0 Å². The minimum Gasteiger partial charge on any atom is -0.352 e. The molecule has 0 saturated carbocycles. The topological polar surface area (TPSA) is 66.5 Å². The third-order valence-corrected chi connectivity index (χ3v) is 7.24. The van der Waals surface area contributed by atoms with Gasteiger partial charge in [-0.15, -0.1) is 0 Å². The smallest absolute Gasteiger partial charge is 0.243 e. The maximum absolute atomic E-state index is 13.7. The van der Waals surface area contributed by atoms with Crippen molar-refractivity contribution in [3.63, 3.8) is 0 Å². The summed E-state index contributed by atoms with van der Waals surface area (Å²) in [7, 11) is -3.57. The maximum Gasteiger partial charge on any atom is 0.243 e. The number of sulfonamides is 1. The molecule has 2 aromatic rings. The largest absolute Gasteiger partial charge is 0.352 e. The first-order valence-corrected chi connectivity index (χ1v) is 10.8. The van der Waals surface area contributed by atoms with Gasteiger partial charge in [0.25, 0.3) is 0 Å². The molecule has 0 spiro atoms. The van der Waals surface area contributed by atoms with Crippen molar-refractivity contribution in [2.24, 2.45) is 5.92 Å². The molecule has 1 aliphatic heterocycles. The van der Waals surface area contributed by atoms with Crippen molar-refractivity contribution >= 4 is 15.9 Å². The molecule has 1 saturated heterocycles. The number of nitrogens with zero attached hydrogens (tertiary/aromatic N) is 1. The highest BCUT2D eigenvalue weighted by atomic mass is 32.2. The van der Waals surface area contributed by atoms with E-state index >= 15 is 0 Å². The Labute approximate surface area is 165 Å². The number of halogens is 1. The van der Waals surface area contributed by atoms with Gasteiger partial charge in [-0.1, -0.05) is 35.9 Å². The lowest BCUT2D eigenvalue weighted by Gasteiger charge is -2.31. The average molecular weight is 405 g/mol. The van der Waals surface area contributed by atoms with Crippen molar-refractivity contribution in [2.45, 2.75) is 38.1 Å². The van der Waals surface area contributed by atoms with Crippen molar-refractivity contribution in [2.75, 3.05) is 13.1 Å². The summed E-state index contributed by atoms with van der Waals surface area (Å²) in [6.45, 7) is 4.45. The molecule has 0 bridgehead atoms. The molecule has 1 N–H and O–H groups in total. The number of rotatable bonds is 5. The number of carbonyl (C=O) groups is 1. The summed E-state index contributed by atoms with van der Waals surface area (Å²) >= 11 is 0. The van der Waals surface area contributed by atoms with Gasteiger partial charge in [0.15, 0.2) is 0 Å². The Morgan fingerprint density at radius 2 is 1.82 bits per heavy atom. The molecule has 1 heterocycles. The first-order chi connectivity index (χ1) is 13.3. The molecule has 1 fully saturated rings. The van der Waals surface area contributed by atoms with Crippen LogP contribution in [0.25, 0.3) is 0 Å². The van der Waals surface area contributed by atoms with Gasteiger partial charge in [-0.2, -0.15) is 4.31 Å². The maximum atomic E-state index is 13.7. The van der Waals surface area contributed by atoms with Crippen molar-refractivity contribution in [3.8, 4) is 0 Å². The minimum atomic E-state index is -3.57. The van der Waals surface area contributed by atoms with Gasteiger partial charge in [-0.05, 0) is 44.4 Å². The van der Waals surface area contributed by atoms with E-state index in [-0.39, 0.29) is 24.2 Å². The Bertz CT molecular complexity index is 967. The number of nitrogens with one attached hydrogen (secondary N) is 1. The van der Waals surface area contributed by atoms with Crippen LogP contribution in [0, 0.1) is 25.6 Å². The summed E-state index contributed by atoms with van der Waals surface area (Å²) in [5.74, 6) is -0.777. The van der Waals surface area contributed by atoms with Crippen LogP contribution in [0.5, 0.6) is 0 Å². The standard InChI is InChI=1S/C21H25FN2O3S/c1-15-7-8-20(16(2)13-15)28(26,27)24-11-9-17(10-12-24)21(25)23-14-18-5-3-4-6-19(18)22/h3-8,13,17H,9-12,14H2,1-2H3,(H,23,25). The fourth-order valence-corrected chi connectivity index (χ4v) is 5.23. The molecule has 0 unspecified atom stereocenters. The number of aryl methyl sites for hydroxylation is 2. The van der Waals surface area contributed by atoms with Gasteiger partial charge >= 0.3 is 0 Å². The van der Waals surface area contributed by atoms with Crippen LogP contribution in [0.4, 0.5) is 4.39 Å². The van der Waals surface area contributed by atoms with Crippen LogP contribution in [0.2, 0.25) is 0 Å². The van der Waals surface area contributed by atoms with Crippen LogP contribution in [0.3, 0.4) is 0 Å². The average Bonchev–Trinajstić information content (AvgIpc) is 2.67. The molecule has 3 rings (SSSR count). The van der Waals surface area contributed by atoms with Gasteiger partial charge in [0.1, 0.15) is 5.82 Å². The molecule has 0 aliphatic carbocycles. The number of hydrogen-bond acceptors (Lipinski definition) is 3.